The first-order valence-electron chi connectivity index (χ1n) is 9.97. The molecule has 1 atom stereocenters. The Balaban J connectivity index is 1.48. The molecule has 1 saturated carbocycles. The highest BCUT2D eigenvalue weighted by Gasteiger charge is 2.44. The van der Waals surface area contributed by atoms with Gasteiger partial charge >= 0.3 is 0 Å². The number of imidazole rings is 1. The highest BCUT2D eigenvalue weighted by atomic mass is 19.1. The van der Waals surface area contributed by atoms with Crippen LogP contribution in [0.3, 0.4) is 0 Å². The van der Waals surface area contributed by atoms with E-state index in [2.05, 4.69) is 5.32 Å². The Hall–Kier alpha value is -3.22. The zero-order chi connectivity index (χ0) is 20.0. The Morgan fingerprint density at radius 3 is 2.72 bits per heavy atom. The SMILES string of the molecule is O=C(C[C@H]1C(=O)N(C2CCCC2)c2nc3ccccc3n21)Nc1cccc(F)c1. The molecular formula is C22H21FN4O2. The van der Waals surface area contributed by atoms with E-state index < -0.39 is 11.9 Å². The van der Waals surface area contributed by atoms with Crippen molar-refractivity contribution in [3.8, 4) is 0 Å². The van der Waals surface area contributed by atoms with Crippen LogP contribution in [0.5, 0.6) is 0 Å². The third kappa shape index (κ3) is 3.06. The lowest BCUT2D eigenvalue weighted by Crippen LogP contribution is -2.38. The molecule has 1 N–H and O–H groups in total. The number of carbonyl (C=O) groups excluding carboxylic acids is 2. The van der Waals surface area contributed by atoms with Crippen molar-refractivity contribution in [3.63, 3.8) is 0 Å². The number of benzene rings is 2. The normalized spacial score (nSPS) is 19.1. The number of nitrogens with one attached hydrogen (secondary N) is 1. The van der Waals surface area contributed by atoms with Crippen molar-refractivity contribution < 1.29 is 14.0 Å². The van der Waals surface area contributed by atoms with Crippen LogP contribution in [0.1, 0.15) is 38.1 Å². The third-order valence-corrected chi connectivity index (χ3v) is 5.80. The monoisotopic (exact) mass is 392 g/mol. The van der Waals surface area contributed by atoms with Crippen molar-refractivity contribution in [2.75, 3.05) is 10.2 Å². The number of halogens is 1. The molecule has 5 rings (SSSR count). The summed E-state index contributed by atoms with van der Waals surface area (Å²) in [6.45, 7) is 0. The van der Waals surface area contributed by atoms with E-state index >= 15 is 0 Å². The van der Waals surface area contributed by atoms with Gasteiger partial charge in [-0.3, -0.25) is 19.1 Å². The van der Waals surface area contributed by atoms with Gasteiger partial charge in [-0.15, -0.1) is 0 Å². The van der Waals surface area contributed by atoms with Crippen molar-refractivity contribution in [2.45, 2.75) is 44.2 Å². The van der Waals surface area contributed by atoms with E-state index in [1.807, 2.05) is 28.8 Å². The van der Waals surface area contributed by atoms with Gasteiger partial charge in [0.25, 0.3) is 5.91 Å². The molecule has 2 amide bonds. The van der Waals surface area contributed by atoms with Gasteiger partial charge in [0.1, 0.15) is 11.9 Å². The fraction of sp³-hybridized carbons (Fsp3) is 0.318. The Labute approximate surface area is 167 Å². The molecule has 0 spiro atoms. The molecule has 6 nitrogen and oxygen atoms in total. The van der Waals surface area contributed by atoms with Crippen LogP contribution in [-0.4, -0.2) is 27.4 Å². The predicted octanol–water partition coefficient (Wildman–Crippen LogP) is 4.03. The van der Waals surface area contributed by atoms with E-state index in [1.165, 1.54) is 18.2 Å². The van der Waals surface area contributed by atoms with Gasteiger partial charge in [0, 0.05) is 11.7 Å². The predicted molar refractivity (Wildman–Crippen MR) is 108 cm³/mol. The second kappa shape index (κ2) is 6.99. The number of hydrogen-bond donors (Lipinski definition) is 1. The van der Waals surface area contributed by atoms with Crippen molar-refractivity contribution >= 4 is 34.5 Å². The van der Waals surface area contributed by atoms with Crippen LogP contribution in [0.25, 0.3) is 11.0 Å². The maximum Gasteiger partial charge on any atom is 0.253 e. The summed E-state index contributed by atoms with van der Waals surface area (Å²) in [5.41, 5.74) is 2.04. The summed E-state index contributed by atoms with van der Waals surface area (Å²) >= 11 is 0. The topological polar surface area (TPSA) is 67.2 Å². The largest absolute Gasteiger partial charge is 0.326 e. The van der Waals surface area contributed by atoms with Crippen molar-refractivity contribution in [1.82, 2.24) is 9.55 Å². The molecule has 0 saturated heterocycles. The zero-order valence-electron chi connectivity index (χ0n) is 15.8. The number of carbonyl (C=O) groups is 2. The summed E-state index contributed by atoms with van der Waals surface area (Å²) in [7, 11) is 0. The number of amides is 2. The minimum Gasteiger partial charge on any atom is -0.326 e. The number of fused-ring (bicyclic) bond motifs is 3. The van der Waals surface area contributed by atoms with Gasteiger partial charge in [-0.1, -0.05) is 31.0 Å². The van der Waals surface area contributed by atoms with Crippen molar-refractivity contribution in [1.29, 1.82) is 0 Å². The average Bonchev–Trinajstić information content (AvgIpc) is 3.39. The number of hydrogen-bond acceptors (Lipinski definition) is 3. The first kappa shape index (κ1) is 17.8. The Morgan fingerprint density at radius 2 is 1.93 bits per heavy atom. The van der Waals surface area contributed by atoms with E-state index in [1.54, 1.807) is 11.0 Å². The van der Waals surface area contributed by atoms with Gasteiger partial charge in [-0.2, -0.15) is 0 Å². The third-order valence-electron chi connectivity index (χ3n) is 5.80. The quantitative estimate of drug-likeness (QED) is 0.729. The van der Waals surface area contributed by atoms with E-state index in [0.29, 0.717) is 11.6 Å². The zero-order valence-corrected chi connectivity index (χ0v) is 15.8. The number of rotatable bonds is 4. The van der Waals surface area contributed by atoms with Gasteiger partial charge in [-0.05, 0) is 43.2 Å². The van der Waals surface area contributed by atoms with E-state index in [0.717, 1.165) is 36.7 Å². The molecule has 7 heteroatoms. The Morgan fingerprint density at radius 1 is 1.14 bits per heavy atom. The molecule has 2 heterocycles. The summed E-state index contributed by atoms with van der Waals surface area (Å²) in [4.78, 5) is 32.5. The minimum atomic E-state index is -0.647. The summed E-state index contributed by atoms with van der Waals surface area (Å²) in [6.07, 6.45) is 4.08. The molecule has 148 valence electrons. The highest BCUT2D eigenvalue weighted by Crippen LogP contribution is 2.40. The molecule has 0 bridgehead atoms. The highest BCUT2D eigenvalue weighted by molar-refractivity contribution is 6.05. The van der Waals surface area contributed by atoms with E-state index in [9.17, 15) is 14.0 Å². The van der Waals surface area contributed by atoms with E-state index in [4.69, 9.17) is 4.98 Å². The Bertz CT molecular complexity index is 1100. The molecule has 1 aromatic heterocycles. The molecule has 3 aromatic rings. The van der Waals surface area contributed by atoms with Crippen LogP contribution in [0, 0.1) is 5.82 Å². The molecule has 2 aromatic carbocycles. The van der Waals surface area contributed by atoms with Crippen molar-refractivity contribution in [2.24, 2.45) is 0 Å². The lowest BCUT2D eigenvalue weighted by molar-refractivity contribution is -0.125. The number of nitrogens with zero attached hydrogens (tertiary/aromatic N) is 3. The lowest BCUT2D eigenvalue weighted by atomic mass is 10.1. The summed E-state index contributed by atoms with van der Waals surface area (Å²) in [5, 5.41) is 2.70. The van der Waals surface area contributed by atoms with Gasteiger partial charge in [0.15, 0.2) is 0 Å². The molecule has 0 unspecified atom stereocenters. The van der Waals surface area contributed by atoms with Crippen LogP contribution in [0.4, 0.5) is 16.0 Å². The van der Waals surface area contributed by atoms with Crippen LogP contribution in [0.2, 0.25) is 0 Å². The first-order valence-corrected chi connectivity index (χ1v) is 9.97. The average molecular weight is 392 g/mol. The second-order valence-electron chi connectivity index (χ2n) is 7.70. The molecule has 2 aliphatic rings. The molecule has 1 aliphatic carbocycles. The van der Waals surface area contributed by atoms with Crippen LogP contribution in [-0.2, 0) is 9.59 Å². The molecule has 0 radical (unpaired) electrons. The van der Waals surface area contributed by atoms with Gasteiger partial charge in [0.05, 0.1) is 17.5 Å². The number of anilines is 2. The van der Waals surface area contributed by atoms with Gasteiger partial charge in [-0.25, -0.2) is 9.37 Å². The second-order valence-corrected chi connectivity index (χ2v) is 7.70. The fourth-order valence-electron chi connectivity index (χ4n) is 4.52. The van der Waals surface area contributed by atoms with Crippen LogP contribution >= 0.6 is 0 Å². The maximum absolute atomic E-state index is 13.4. The molecule has 1 fully saturated rings. The van der Waals surface area contributed by atoms with Gasteiger partial charge in [0.2, 0.25) is 11.9 Å². The number of para-hydroxylation sites is 2. The maximum atomic E-state index is 13.4. The molecular weight excluding hydrogens is 371 g/mol. The van der Waals surface area contributed by atoms with Crippen molar-refractivity contribution in [3.05, 3.63) is 54.3 Å². The fourth-order valence-corrected chi connectivity index (χ4v) is 4.52. The molecule has 1 aliphatic heterocycles. The van der Waals surface area contributed by atoms with Gasteiger partial charge < -0.3 is 5.32 Å². The standard InChI is InChI=1S/C22H21FN4O2/c23-14-6-5-7-15(12-14)24-20(28)13-19-21(29)26(16-8-1-2-9-16)22-25-17-10-3-4-11-18(17)27(19)22/h3-7,10-12,16,19H,1-2,8-9,13H2,(H,24,28)/t19-/m0/s1. The smallest absolute Gasteiger partial charge is 0.253 e. The van der Waals surface area contributed by atoms with E-state index in [-0.39, 0.29) is 24.3 Å². The summed E-state index contributed by atoms with van der Waals surface area (Å²) in [5.74, 6) is -0.202. The molecule has 29 heavy (non-hydrogen) atoms. The van der Waals surface area contributed by atoms with Crippen LogP contribution in [0.15, 0.2) is 48.5 Å². The summed E-state index contributed by atoms with van der Waals surface area (Å²) in [6, 6.07) is 12.9. The first-order chi connectivity index (χ1) is 14.1. The lowest BCUT2D eigenvalue weighted by Gasteiger charge is -2.22. The minimum absolute atomic E-state index is 0.0219. The Kier molecular flexibility index (Phi) is 4.30. The summed E-state index contributed by atoms with van der Waals surface area (Å²) < 4.78 is 15.3. The number of aromatic nitrogens is 2. The van der Waals surface area contributed by atoms with Crippen LogP contribution < -0.4 is 10.2 Å².